The van der Waals surface area contributed by atoms with Crippen molar-refractivity contribution in [2.45, 2.75) is 0 Å². The summed E-state index contributed by atoms with van der Waals surface area (Å²) in [4.78, 5) is 0. The largest absolute Gasteiger partial charge is 0.394 e. The van der Waals surface area contributed by atoms with Crippen LogP contribution in [0.2, 0.25) is 0 Å². The molecule has 0 aliphatic carbocycles. The quantitative estimate of drug-likeness (QED) is 0.165. The Morgan fingerprint density at radius 1 is 0.444 bits per heavy atom. The predicted molar refractivity (Wildman–Crippen MR) is 62.4 cm³/mol. The molecular formula is H12Al2FeO12S3. The molecule has 0 aromatic heterocycles. The molecule has 0 aromatic carbocycles. The molecule has 0 radical (unpaired) electrons. The van der Waals surface area contributed by atoms with E-state index in [9.17, 15) is 0 Å². The van der Waals surface area contributed by atoms with Gasteiger partial charge in [0.15, 0.2) is 34.7 Å². The van der Waals surface area contributed by atoms with Gasteiger partial charge in [0.2, 0.25) is 0 Å². The minimum atomic E-state index is -4.67. The fourth-order valence-corrected chi connectivity index (χ4v) is 0. The average molecular weight is 410 g/mol. The van der Waals surface area contributed by atoms with E-state index in [2.05, 4.69) is 0 Å². The van der Waals surface area contributed by atoms with E-state index in [0.717, 1.165) is 0 Å². The molecule has 18 heavy (non-hydrogen) atoms. The second-order valence-electron chi connectivity index (χ2n) is 1.34. The number of rotatable bonds is 0. The van der Waals surface area contributed by atoms with Crippen LogP contribution in [0.1, 0.15) is 0 Å². The van der Waals surface area contributed by atoms with Gasteiger partial charge in [-0.3, -0.25) is 27.3 Å². The maximum atomic E-state index is 8.74. The molecule has 0 saturated heterocycles. The summed E-state index contributed by atoms with van der Waals surface area (Å²) in [6, 6.07) is 0. The number of hydrogen-bond donors (Lipinski definition) is 6. The van der Waals surface area contributed by atoms with Crippen LogP contribution in [-0.4, -0.2) is 87.3 Å². The Hall–Kier alpha value is 1.19. The van der Waals surface area contributed by atoms with Gasteiger partial charge in [-0.2, -0.15) is 25.3 Å². The van der Waals surface area contributed by atoms with Crippen LogP contribution in [-0.2, 0) is 48.3 Å². The van der Waals surface area contributed by atoms with Crippen LogP contribution in [0.3, 0.4) is 0 Å². The van der Waals surface area contributed by atoms with E-state index in [4.69, 9.17) is 52.6 Å². The van der Waals surface area contributed by atoms with E-state index >= 15 is 0 Å². The molecule has 0 spiro atoms. The molecule has 0 fully saturated rings. The topological polar surface area (TPSA) is 224 Å². The zero-order valence-corrected chi connectivity index (χ0v) is 10.3. The van der Waals surface area contributed by atoms with Crippen LogP contribution in [0.25, 0.3) is 0 Å². The Labute approximate surface area is 135 Å². The average Bonchev–Trinajstić information content (AvgIpc) is 1.41. The van der Waals surface area contributed by atoms with E-state index in [1.165, 1.54) is 0 Å². The molecule has 18 heteroatoms. The van der Waals surface area contributed by atoms with Crippen LogP contribution in [0.5, 0.6) is 0 Å². The Morgan fingerprint density at radius 2 is 0.444 bits per heavy atom. The zero-order chi connectivity index (χ0) is 13.5. The van der Waals surface area contributed by atoms with Gasteiger partial charge in [0, 0.05) is 17.1 Å². The van der Waals surface area contributed by atoms with Crippen molar-refractivity contribution in [1.82, 2.24) is 0 Å². The van der Waals surface area contributed by atoms with Crippen molar-refractivity contribution in [3.05, 3.63) is 0 Å². The van der Waals surface area contributed by atoms with Gasteiger partial charge in [-0.25, -0.2) is 0 Å². The minimum absolute atomic E-state index is 0. The summed E-state index contributed by atoms with van der Waals surface area (Å²) in [7, 11) is -14.0. The molecule has 12 nitrogen and oxygen atoms in total. The van der Waals surface area contributed by atoms with Crippen LogP contribution < -0.4 is 0 Å². The van der Waals surface area contributed by atoms with E-state index in [1.807, 2.05) is 0 Å². The Kier molecular flexibility index (Phi) is 29.6. The molecule has 0 amide bonds. The summed E-state index contributed by atoms with van der Waals surface area (Å²) in [5.41, 5.74) is 0. The predicted octanol–water partition coefficient (Wildman–Crippen LogP) is -4.33. The normalized spacial score (nSPS) is 9.67. The first-order valence-electron chi connectivity index (χ1n) is 2.10. The van der Waals surface area contributed by atoms with Crippen molar-refractivity contribution in [2.75, 3.05) is 0 Å². The first-order valence-corrected chi connectivity index (χ1v) is 6.29. The summed E-state index contributed by atoms with van der Waals surface area (Å²) >= 11 is 0. The third-order valence-corrected chi connectivity index (χ3v) is 0. The van der Waals surface area contributed by atoms with Crippen molar-refractivity contribution < 1.29 is 69.6 Å². The fourth-order valence-electron chi connectivity index (χ4n) is 0. The molecule has 6 N–H and O–H groups in total. The third kappa shape index (κ3) is 3160. The van der Waals surface area contributed by atoms with Crippen LogP contribution >= 0.6 is 0 Å². The molecule has 0 atom stereocenters. The van der Waals surface area contributed by atoms with E-state index in [0.29, 0.717) is 0 Å². The maximum absolute atomic E-state index is 8.74. The summed E-state index contributed by atoms with van der Waals surface area (Å²) in [6.07, 6.45) is 0. The molecule has 0 bridgehead atoms. The molecule has 0 saturated carbocycles. The Balaban J connectivity index is -0.0000000277. The van der Waals surface area contributed by atoms with Gasteiger partial charge in [-0.15, -0.1) is 0 Å². The fraction of sp³-hybridized carbons (Fsp3) is 0. The van der Waals surface area contributed by atoms with Crippen molar-refractivity contribution in [3.8, 4) is 0 Å². The summed E-state index contributed by atoms with van der Waals surface area (Å²) < 4.78 is 94.8. The van der Waals surface area contributed by atoms with Crippen LogP contribution in [0, 0.1) is 0 Å². The Bertz CT molecular complexity index is 346. The SMILES string of the molecule is O=S(=O)(O)O.O=S(=O)(O)O.O=S(=O)(O)O.[AlH3].[AlH3].[Fe]. The molecule has 0 aromatic rings. The summed E-state index contributed by atoms with van der Waals surface area (Å²) in [5, 5.41) is 0. The summed E-state index contributed by atoms with van der Waals surface area (Å²) in [5.74, 6) is 0. The molecule has 116 valence electrons. The molecule has 0 rings (SSSR count). The van der Waals surface area contributed by atoms with Crippen LogP contribution in [0.15, 0.2) is 0 Å². The van der Waals surface area contributed by atoms with Gasteiger partial charge >= 0.3 is 31.2 Å². The molecule has 0 aliphatic rings. The van der Waals surface area contributed by atoms with Crippen molar-refractivity contribution in [2.24, 2.45) is 0 Å². The van der Waals surface area contributed by atoms with Gasteiger partial charge in [-0.1, -0.05) is 0 Å². The smallest absolute Gasteiger partial charge is 0.264 e. The summed E-state index contributed by atoms with van der Waals surface area (Å²) in [6.45, 7) is 0. The molecule has 0 aliphatic heterocycles. The van der Waals surface area contributed by atoms with Gasteiger partial charge in [0.25, 0.3) is 0 Å². The second-order valence-corrected chi connectivity index (χ2v) is 4.03. The van der Waals surface area contributed by atoms with E-state index in [-0.39, 0.29) is 51.8 Å². The second kappa shape index (κ2) is 14.6. The van der Waals surface area contributed by atoms with Gasteiger partial charge in [-0.05, 0) is 0 Å². The van der Waals surface area contributed by atoms with Crippen molar-refractivity contribution >= 4 is 65.9 Å². The van der Waals surface area contributed by atoms with Crippen LogP contribution in [0.4, 0.5) is 0 Å². The van der Waals surface area contributed by atoms with E-state index < -0.39 is 31.2 Å². The zero-order valence-electron chi connectivity index (χ0n) is 6.71. The van der Waals surface area contributed by atoms with Gasteiger partial charge in [0.05, 0.1) is 0 Å². The maximum Gasteiger partial charge on any atom is 0.394 e. The van der Waals surface area contributed by atoms with Gasteiger partial charge < -0.3 is 0 Å². The minimum Gasteiger partial charge on any atom is -0.264 e. The van der Waals surface area contributed by atoms with Gasteiger partial charge in [0.1, 0.15) is 0 Å². The third-order valence-electron chi connectivity index (χ3n) is 0. The molecular weight excluding hydrogens is 398 g/mol. The van der Waals surface area contributed by atoms with Crippen molar-refractivity contribution in [1.29, 1.82) is 0 Å². The molecule has 0 unspecified atom stereocenters. The number of hydrogen-bond acceptors (Lipinski definition) is 6. The van der Waals surface area contributed by atoms with E-state index in [1.54, 1.807) is 0 Å². The van der Waals surface area contributed by atoms with Crippen molar-refractivity contribution in [3.63, 3.8) is 0 Å². The monoisotopic (exact) mass is 410 g/mol. The molecule has 0 heterocycles. The first kappa shape index (κ1) is 36.5. The first-order chi connectivity index (χ1) is 6.00. The Morgan fingerprint density at radius 3 is 0.444 bits per heavy atom. The standard InChI is InChI=1S/2Al.Fe.3H2O4S.6H/c;;;3*1-5(2,3)4;;;;;;/h;;;3*(H2,1,2,3,4);;;;;;.